The molecule has 0 spiro atoms. The van der Waals surface area contributed by atoms with E-state index in [9.17, 15) is 0 Å². The van der Waals surface area contributed by atoms with Gasteiger partial charge in [-0.15, -0.1) is 0 Å². The standard InChI is InChI=1S/C25H22N4/c1-29(2)22-16-10-9-11-19(22)17-18-23-26-24(20-12-5-3-6-13-20)28-25(27-23)21-14-7-4-8-15-21/h3-18H,1-2H3/b18-17+. The summed E-state index contributed by atoms with van der Waals surface area (Å²) < 4.78 is 0. The van der Waals surface area contributed by atoms with Crippen molar-refractivity contribution in [1.29, 1.82) is 0 Å². The van der Waals surface area contributed by atoms with E-state index in [0.717, 1.165) is 22.4 Å². The number of hydrogen-bond acceptors (Lipinski definition) is 4. The first-order valence-corrected chi connectivity index (χ1v) is 9.52. The Morgan fingerprint density at radius 1 is 0.586 bits per heavy atom. The lowest BCUT2D eigenvalue weighted by Crippen LogP contribution is -2.09. The van der Waals surface area contributed by atoms with Crippen LogP contribution < -0.4 is 4.90 Å². The van der Waals surface area contributed by atoms with E-state index < -0.39 is 0 Å². The summed E-state index contributed by atoms with van der Waals surface area (Å²) in [5.74, 6) is 1.96. The Labute approximate surface area is 171 Å². The maximum atomic E-state index is 4.71. The number of anilines is 1. The number of para-hydroxylation sites is 1. The summed E-state index contributed by atoms with van der Waals surface area (Å²) in [4.78, 5) is 16.2. The molecule has 0 fully saturated rings. The molecule has 0 aliphatic carbocycles. The smallest absolute Gasteiger partial charge is 0.164 e. The van der Waals surface area contributed by atoms with Gasteiger partial charge in [0.25, 0.3) is 0 Å². The average Bonchev–Trinajstić information content (AvgIpc) is 2.79. The van der Waals surface area contributed by atoms with Crippen LogP contribution in [-0.4, -0.2) is 29.0 Å². The van der Waals surface area contributed by atoms with Crippen LogP contribution in [0.5, 0.6) is 0 Å². The largest absolute Gasteiger partial charge is 0.377 e. The Hall–Kier alpha value is -3.79. The lowest BCUT2D eigenvalue weighted by Gasteiger charge is -2.15. The maximum absolute atomic E-state index is 4.71. The molecule has 1 aromatic heterocycles. The molecule has 4 aromatic rings. The van der Waals surface area contributed by atoms with Crippen LogP contribution in [0.25, 0.3) is 34.9 Å². The molecule has 0 saturated heterocycles. The van der Waals surface area contributed by atoms with E-state index in [4.69, 9.17) is 15.0 Å². The lowest BCUT2D eigenvalue weighted by atomic mass is 10.1. The molecule has 0 atom stereocenters. The minimum Gasteiger partial charge on any atom is -0.377 e. The minimum atomic E-state index is 0.631. The molecule has 0 aliphatic heterocycles. The first-order valence-electron chi connectivity index (χ1n) is 9.52. The van der Waals surface area contributed by atoms with E-state index in [-0.39, 0.29) is 0 Å². The molecule has 4 rings (SSSR count). The second-order valence-electron chi connectivity index (χ2n) is 6.86. The lowest BCUT2D eigenvalue weighted by molar-refractivity contribution is 1.05. The molecule has 4 heteroatoms. The molecule has 4 nitrogen and oxygen atoms in total. The molecular weight excluding hydrogens is 356 g/mol. The van der Waals surface area contributed by atoms with Crippen molar-refractivity contribution in [2.24, 2.45) is 0 Å². The fraction of sp³-hybridized carbons (Fsp3) is 0.0800. The van der Waals surface area contributed by atoms with Crippen LogP contribution in [0.1, 0.15) is 11.4 Å². The van der Waals surface area contributed by atoms with E-state index in [1.165, 1.54) is 0 Å². The van der Waals surface area contributed by atoms with Gasteiger partial charge in [0.05, 0.1) is 0 Å². The number of nitrogens with zero attached hydrogens (tertiary/aromatic N) is 4. The molecule has 0 N–H and O–H groups in total. The SMILES string of the molecule is CN(C)c1ccccc1/C=C/c1nc(-c2ccccc2)nc(-c2ccccc2)n1. The van der Waals surface area contributed by atoms with E-state index in [0.29, 0.717) is 17.5 Å². The molecule has 0 radical (unpaired) electrons. The van der Waals surface area contributed by atoms with Crippen molar-refractivity contribution in [3.8, 4) is 22.8 Å². The summed E-state index contributed by atoms with van der Waals surface area (Å²) in [6.07, 6.45) is 4.00. The van der Waals surface area contributed by atoms with Gasteiger partial charge in [-0.05, 0) is 23.8 Å². The van der Waals surface area contributed by atoms with Crippen LogP contribution in [-0.2, 0) is 0 Å². The normalized spacial score (nSPS) is 11.0. The molecule has 0 amide bonds. The summed E-state index contributed by atoms with van der Waals surface area (Å²) in [6.45, 7) is 0. The highest BCUT2D eigenvalue weighted by Crippen LogP contribution is 2.23. The van der Waals surface area contributed by atoms with E-state index in [1.54, 1.807) is 0 Å². The van der Waals surface area contributed by atoms with Crippen molar-refractivity contribution in [2.75, 3.05) is 19.0 Å². The highest BCUT2D eigenvalue weighted by atomic mass is 15.1. The van der Waals surface area contributed by atoms with Crippen molar-refractivity contribution < 1.29 is 0 Å². The summed E-state index contributed by atoms with van der Waals surface area (Å²) in [7, 11) is 4.08. The molecule has 142 valence electrons. The monoisotopic (exact) mass is 378 g/mol. The molecule has 1 heterocycles. The second-order valence-corrected chi connectivity index (χ2v) is 6.86. The van der Waals surface area contributed by atoms with Crippen LogP contribution in [0, 0.1) is 0 Å². The quantitative estimate of drug-likeness (QED) is 0.464. The van der Waals surface area contributed by atoms with E-state index in [2.05, 4.69) is 17.0 Å². The van der Waals surface area contributed by atoms with Crippen LogP contribution >= 0.6 is 0 Å². The Bertz CT molecular complexity index is 1060. The molecule has 0 aliphatic rings. The highest BCUT2D eigenvalue weighted by Gasteiger charge is 2.09. The third kappa shape index (κ3) is 4.38. The van der Waals surface area contributed by atoms with Gasteiger partial charge in [-0.25, -0.2) is 15.0 Å². The zero-order valence-corrected chi connectivity index (χ0v) is 16.5. The molecule has 3 aromatic carbocycles. The third-order valence-corrected chi connectivity index (χ3v) is 4.55. The number of hydrogen-bond donors (Lipinski definition) is 0. The fourth-order valence-electron chi connectivity index (χ4n) is 3.10. The average molecular weight is 378 g/mol. The van der Waals surface area contributed by atoms with Gasteiger partial charge >= 0.3 is 0 Å². The Kier molecular flexibility index (Phi) is 5.43. The predicted octanol–water partition coefficient (Wildman–Crippen LogP) is 5.44. The Balaban J connectivity index is 1.79. The molecular formula is C25H22N4. The van der Waals surface area contributed by atoms with Crippen LogP contribution in [0.15, 0.2) is 84.9 Å². The van der Waals surface area contributed by atoms with Gasteiger partial charge in [-0.2, -0.15) is 0 Å². The Morgan fingerprint density at radius 3 is 1.66 bits per heavy atom. The summed E-state index contributed by atoms with van der Waals surface area (Å²) in [5.41, 5.74) is 4.19. The van der Waals surface area contributed by atoms with Crippen LogP contribution in [0.2, 0.25) is 0 Å². The van der Waals surface area contributed by atoms with E-state index >= 15 is 0 Å². The van der Waals surface area contributed by atoms with Gasteiger partial charge in [-0.3, -0.25) is 0 Å². The van der Waals surface area contributed by atoms with Crippen molar-refractivity contribution in [3.05, 3.63) is 96.3 Å². The number of benzene rings is 3. The molecule has 0 saturated carbocycles. The van der Waals surface area contributed by atoms with Crippen molar-refractivity contribution in [3.63, 3.8) is 0 Å². The minimum absolute atomic E-state index is 0.631. The first-order chi connectivity index (χ1) is 14.2. The highest BCUT2D eigenvalue weighted by molar-refractivity contribution is 5.76. The topological polar surface area (TPSA) is 41.9 Å². The van der Waals surface area contributed by atoms with Crippen molar-refractivity contribution in [2.45, 2.75) is 0 Å². The van der Waals surface area contributed by atoms with Gasteiger partial charge in [0.2, 0.25) is 0 Å². The van der Waals surface area contributed by atoms with Gasteiger partial charge in [0, 0.05) is 30.9 Å². The zero-order valence-electron chi connectivity index (χ0n) is 16.5. The second kappa shape index (κ2) is 8.48. The van der Waals surface area contributed by atoms with Gasteiger partial charge in [-0.1, -0.05) is 78.9 Å². The van der Waals surface area contributed by atoms with Crippen molar-refractivity contribution >= 4 is 17.8 Å². The Morgan fingerprint density at radius 2 is 1.10 bits per heavy atom. The van der Waals surface area contributed by atoms with Crippen LogP contribution in [0.3, 0.4) is 0 Å². The summed E-state index contributed by atoms with van der Waals surface area (Å²) in [6, 6.07) is 28.2. The predicted molar refractivity (Wildman–Crippen MR) is 120 cm³/mol. The summed E-state index contributed by atoms with van der Waals surface area (Å²) >= 11 is 0. The fourth-order valence-corrected chi connectivity index (χ4v) is 3.10. The molecule has 0 unspecified atom stereocenters. The molecule has 29 heavy (non-hydrogen) atoms. The molecule has 0 bridgehead atoms. The third-order valence-electron chi connectivity index (χ3n) is 4.55. The zero-order chi connectivity index (χ0) is 20.1. The van der Waals surface area contributed by atoms with Gasteiger partial charge in [0.15, 0.2) is 17.5 Å². The number of rotatable bonds is 5. The summed E-state index contributed by atoms with van der Waals surface area (Å²) in [5, 5.41) is 0. The first kappa shape index (κ1) is 18.6. The van der Waals surface area contributed by atoms with E-state index in [1.807, 2.05) is 99.0 Å². The van der Waals surface area contributed by atoms with Crippen LogP contribution in [0.4, 0.5) is 5.69 Å². The number of aromatic nitrogens is 3. The van der Waals surface area contributed by atoms with Crippen molar-refractivity contribution in [1.82, 2.24) is 15.0 Å². The van der Waals surface area contributed by atoms with Gasteiger partial charge < -0.3 is 4.90 Å². The maximum Gasteiger partial charge on any atom is 0.164 e. The van der Waals surface area contributed by atoms with Gasteiger partial charge in [0.1, 0.15) is 0 Å².